The lowest BCUT2D eigenvalue weighted by atomic mass is 9.79. The van der Waals surface area contributed by atoms with Gasteiger partial charge in [-0.15, -0.1) is 0 Å². The van der Waals surface area contributed by atoms with Crippen LogP contribution in [0.2, 0.25) is 0 Å². The van der Waals surface area contributed by atoms with Crippen molar-refractivity contribution in [1.82, 2.24) is 9.80 Å². The van der Waals surface area contributed by atoms with E-state index in [0.29, 0.717) is 12.6 Å². The first kappa shape index (κ1) is 31.0. The van der Waals surface area contributed by atoms with Gasteiger partial charge in [0.1, 0.15) is 0 Å². The second kappa shape index (κ2) is 15.4. The highest BCUT2D eigenvalue weighted by Crippen LogP contribution is 2.44. The molecule has 0 aromatic heterocycles. The Morgan fingerprint density at radius 1 is 0.881 bits per heavy atom. The zero-order valence-electron chi connectivity index (χ0n) is 26.9. The lowest BCUT2D eigenvalue weighted by Gasteiger charge is -2.39. The number of nitrogens with zero attached hydrogens (tertiary/aromatic N) is 2. The molecule has 2 aromatic rings. The van der Waals surface area contributed by atoms with Crippen LogP contribution >= 0.6 is 0 Å². The summed E-state index contributed by atoms with van der Waals surface area (Å²) in [5.74, 6) is 1.68. The van der Waals surface area contributed by atoms with Gasteiger partial charge in [0.15, 0.2) is 0 Å². The fourth-order valence-corrected chi connectivity index (χ4v) is 7.42. The second-order valence-electron chi connectivity index (χ2n) is 13.9. The molecule has 1 saturated heterocycles. The summed E-state index contributed by atoms with van der Waals surface area (Å²) in [6.07, 6.45) is 17.6. The summed E-state index contributed by atoms with van der Waals surface area (Å²) in [6, 6.07) is 18.1. The van der Waals surface area contributed by atoms with Gasteiger partial charge in [0, 0.05) is 31.2 Å². The number of allylic oxidation sites excluding steroid dienone is 2. The van der Waals surface area contributed by atoms with E-state index in [1.165, 1.54) is 93.9 Å². The van der Waals surface area contributed by atoms with Crippen LogP contribution in [0.4, 0.5) is 0 Å². The summed E-state index contributed by atoms with van der Waals surface area (Å²) in [6.45, 7) is 10.9. The van der Waals surface area contributed by atoms with E-state index in [2.05, 4.69) is 79.1 Å². The fourth-order valence-electron chi connectivity index (χ4n) is 7.42. The van der Waals surface area contributed by atoms with Gasteiger partial charge in [0.25, 0.3) is 5.91 Å². The van der Waals surface area contributed by atoms with Gasteiger partial charge in [-0.1, -0.05) is 82.4 Å². The standard InChI is InChI=1S/C39H56N2O/c1-4-5-6-11-31-18-20-35(21-19-31)39(42)41(37-23-26-40(27-24-37)25-22-30(2)3)29-32-12-9-17-36(28-32)38(34-15-10-16-34)33-13-7-8-14-33/h9,12,17-21,28,30,33,37H,4-8,10-11,13-16,22-27,29H2,1-3H3. The van der Waals surface area contributed by atoms with Gasteiger partial charge in [-0.25, -0.2) is 0 Å². The Morgan fingerprint density at radius 2 is 1.62 bits per heavy atom. The first-order chi connectivity index (χ1) is 20.5. The molecule has 2 aromatic carbocycles. The number of amides is 1. The van der Waals surface area contributed by atoms with Crippen LogP contribution in [0.25, 0.3) is 5.57 Å². The number of carbonyl (C=O) groups is 1. The smallest absolute Gasteiger partial charge is 0.254 e. The van der Waals surface area contributed by atoms with Crippen molar-refractivity contribution >= 4 is 11.5 Å². The van der Waals surface area contributed by atoms with Crippen molar-refractivity contribution in [2.24, 2.45) is 11.8 Å². The maximum Gasteiger partial charge on any atom is 0.254 e. The van der Waals surface area contributed by atoms with Crippen molar-refractivity contribution in [2.45, 2.75) is 123 Å². The molecule has 228 valence electrons. The van der Waals surface area contributed by atoms with E-state index < -0.39 is 0 Å². The molecular formula is C39H56N2O. The lowest BCUT2D eigenvalue weighted by Crippen LogP contribution is -2.47. The van der Waals surface area contributed by atoms with Gasteiger partial charge in [0.05, 0.1) is 0 Å². The fraction of sp³-hybridized carbons (Fsp3) is 0.615. The molecule has 1 aliphatic heterocycles. The molecule has 42 heavy (non-hydrogen) atoms. The number of benzene rings is 2. The Hall–Kier alpha value is -2.39. The average molecular weight is 569 g/mol. The third kappa shape index (κ3) is 8.16. The predicted molar refractivity (Wildman–Crippen MR) is 178 cm³/mol. The van der Waals surface area contributed by atoms with E-state index in [0.717, 1.165) is 49.8 Å². The van der Waals surface area contributed by atoms with Crippen molar-refractivity contribution in [1.29, 1.82) is 0 Å². The van der Waals surface area contributed by atoms with Crippen LogP contribution in [0.5, 0.6) is 0 Å². The molecule has 5 rings (SSSR count). The van der Waals surface area contributed by atoms with Crippen LogP contribution in [0, 0.1) is 11.8 Å². The van der Waals surface area contributed by atoms with Gasteiger partial charge in [0.2, 0.25) is 0 Å². The molecule has 3 fully saturated rings. The molecular weight excluding hydrogens is 512 g/mol. The normalized spacial score (nSPS) is 18.4. The van der Waals surface area contributed by atoms with E-state index in [9.17, 15) is 4.79 Å². The highest BCUT2D eigenvalue weighted by molar-refractivity contribution is 5.94. The van der Waals surface area contributed by atoms with E-state index in [-0.39, 0.29) is 5.91 Å². The minimum Gasteiger partial charge on any atom is -0.331 e. The summed E-state index contributed by atoms with van der Waals surface area (Å²) in [5.41, 5.74) is 8.28. The molecule has 2 saturated carbocycles. The molecule has 0 spiro atoms. The molecule has 0 atom stereocenters. The maximum absolute atomic E-state index is 14.2. The number of unbranched alkanes of at least 4 members (excludes halogenated alkanes) is 2. The molecule has 1 heterocycles. The van der Waals surface area contributed by atoms with Crippen molar-refractivity contribution in [3.05, 3.63) is 76.4 Å². The van der Waals surface area contributed by atoms with Crippen LogP contribution in [-0.4, -0.2) is 41.4 Å². The van der Waals surface area contributed by atoms with Crippen molar-refractivity contribution < 1.29 is 4.79 Å². The van der Waals surface area contributed by atoms with E-state index >= 15 is 0 Å². The van der Waals surface area contributed by atoms with Crippen molar-refractivity contribution in [2.75, 3.05) is 19.6 Å². The van der Waals surface area contributed by atoms with E-state index in [4.69, 9.17) is 0 Å². The van der Waals surface area contributed by atoms with Crippen LogP contribution in [0.1, 0.15) is 131 Å². The lowest BCUT2D eigenvalue weighted by molar-refractivity contribution is 0.0546. The molecule has 0 unspecified atom stereocenters. The van der Waals surface area contributed by atoms with Crippen LogP contribution < -0.4 is 0 Å². The Balaban J connectivity index is 1.35. The first-order valence-corrected chi connectivity index (χ1v) is 17.4. The number of rotatable bonds is 13. The van der Waals surface area contributed by atoms with Gasteiger partial charge in [-0.05, 0) is 123 Å². The summed E-state index contributed by atoms with van der Waals surface area (Å²) in [4.78, 5) is 19.1. The number of likely N-dealkylation sites (tertiary alicyclic amines) is 1. The summed E-state index contributed by atoms with van der Waals surface area (Å²) in [5, 5.41) is 0. The summed E-state index contributed by atoms with van der Waals surface area (Å²) < 4.78 is 0. The van der Waals surface area contributed by atoms with E-state index in [1.807, 2.05) is 0 Å². The molecule has 2 aliphatic carbocycles. The predicted octanol–water partition coefficient (Wildman–Crippen LogP) is 9.70. The number of carbonyl (C=O) groups excluding carboxylic acids is 1. The van der Waals surface area contributed by atoms with Crippen molar-refractivity contribution in [3.63, 3.8) is 0 Å². The van der Waals surface area contributed by atoms with Gasteiger partial charge >= 0.3 is 0 Å². The Bertz CT molecular complexity index is 1160. The monoisotopic (exact) mass is 568 g/mol. The van der Waals surface area contributed by atoms with Gasteiger partial charge in [-0.3, -0.25) is 4.79 Å². The topological polar surface area (TPSA) is 23.6 Å². The number of hydrogen-bond acceptors (Lipinski definition) is 2. The summed E-state index contributed by atoms with van der Waals surface area (Å²) in [7, 11) is 0. The number of piperidine rings is 1. The molecule has 3 aliphatic rings. The Kier molecular flexibility index (Phi) is 11.4. The minimum absolute atomic E-state index is 0.203. The third-order valence-corrected chi connectivity index (χ3v) is 10.2. The Morgan fingerprint density at radius 3 is 2.26 bits per heavy atom. The zero-order chi connectivity index (χ0) is 29.3. The first-order valence-electron chi connectivity index (χ1n) is 17.4. The van der Waals surface area contributed by atoms with Crippen LogP contribution in [-0.2, 0) is 13.0 Å². The minimum atomic E-state index is 0.203. The molecule has 0 N–H and O–H groups in total. The molecule has 3 nitrogen and oxygen atoms in total. The zero-order valence-corrected chi connectivity index (χ0v) is 26.9. The Labute approximate surface area is 256 Å². The molecule has 1 amide bonds. The quantitative estimate of drug-likeness (QED) is 0.225. The average Bonchev–Trinajstić information content (AvgIpc) is 3.52. The number of hydrogen-bond donors (Lipinski definition) is 0. The molecule has 3 heteroatoms. The summed E-state index contributed by atoms with van der Waals surface area (Å²) >= 11 is 0. The van der Waals surface area contributed by atoms with Gasteiger partial charge < -0.3 is 9.80 Å². The highest BCUT2D eigenvalue weighted by atomic mass is 16.2. The van der Waals surface area contributed by atoms with Crippen molar-refractivity contribution in [3.8, 4) is 0 Å². The SMILES string of the molecule is CCCCCc1ccc(C(=O)N(Cc2cccc(C(=C3CCC3)C3CCCC3)c2)C2CCN(CCC(C)C)CC2)cc1. The van der Waals surface area contributed by atoms with Crippen LogP contribution in [0.15, 0.2) is 54.1 Å². The second-order valence-corrected chi connectivity index (χ2v) is 13.9. The molecule has 0 radical (unpaired) electrons. The third-order valence-electron chi connectivity index (χ3n) is 10.2. The van der Waals surface area contributed by atoms with E-state index in [1.54, 1.807) is 11.1 Å². The van der Waals surface area contributed by atoms with Gasteiger partial charge in [-0.2, -0.15) is 0 Å². The number of aryl methyl sites for hydroxylation is 1. The largest absolute Gasteiger partial charge is 0.331 e. The maximum atomic E-state index is 14.2. The molecule has 0 bridgehead atoms. The highest BCUT2D eigenvalue weighted by Gasteiger charge is 2.30. The van der Waals surface area contributed by atoms with Crippen LogP contribution in [0.3, 0.4) is 0 Å².